The molecule has 1 aromatic heterocycles. The Balaban J connectivity index is 2.40. The SMILES string of the molecule is CCCCc1nnc(NC(=O)CN(C)CC(C)(C)O)s1. The molecular formula is C13H24N4O2S. The van der Waals surface area contributed by atoms with Gasteiger partial charge in [-0.05, 0) is 27.3 Å². The van der Waals surface area contributed by atoms with Gasteiger partial charge in [0.1, 0.15) is 5.01 Å². The van der Waals surface area contributed by atoms with Crippen molar-refractivity contribution in [2.45, 2.75) is 45.6 Å². The highest BCUT2D eigenvalue weighted by Gasteiger charge is 2.18. The van der Waals surface area contributed by atoms with Crippen LogP contribution >= 0.6 is 11.3 Å². The number of nitrogens with one attached hydrogen (secondary N) is 1. The third-order valence-corrected chi connectivity index (χ3v) is 3.43. The number of aromatic nitrogens is 2. The van der Waals surface area contributed by atoms with Gasteiger partial charge in [-0.1, -0.05) is 24.7 Å². The van der Waals surface area contributed by atoms with Crippen molar-refractivity contribution in [2.24, 2.45) is 0 Å². The monoisotopic (exact) mass is 300 g/mol. The van der Waals surface area contributed by atoms with Crippen molar-refractivity contribution < 1.29 is 9.90 Å². The number of nitrogens with zero attached hydrogens (tertiary/aromatic N) is 3. The fourth-order valence-electron chi connectivity index (χ4n) is 1.85. The van der Waals surface area contributed by atoms with Gasteiger partial charge < -0.3 is 5.11 Å². The molecule has 0 saturated heterocycles. The molecule has 0 aliphatic heterocycles. The number of amides is 1. The van der Waals surface area contributed by atoms with E-state index >= 15 is 0 Å². The second kappa shape index (κ2) is 7.66. The van der Waals surface area contributed by atoms with Crippen molar-refractivity contribution in [1.29, 1.82) is 0 Å². The predicted molar refractivity (Wildman–Crippen MR) is 80.9 cm³/mol. The van der Waals surface area contributed by atoms with Crippen LogP contribution in [0.1, 0.15) is 38.6 Å². The summed E-state index contributed by atoms with van der Waals surface area (Å²) in [4.78, 5) is 13.6. The van der Waals surface area contributed by atoms with E-state index in [1.54, 1.807) is 25.8 Å². The number of hydrogen-bond acceptors (Lipinski definition) is 6. The lowest BCUT2D eigenvalue weighted by Gasteiger charge is -2.24. The maximum absolute atomic E-state index is 11.8. The van der Waals surface area contributed by atoms with Crippen LogP contribution in [0.5, 0.6) is 0 Å². The molecule has 7 heteroatoms. The number of carbonyl (C=O) groups is 1. The molecule has 0 saturated carbocycles. The first-order chi connectivity index (χ1) is 9.30. The van der Waals surface area contributed by atoms with Crippen LogP contribution in [-0.4, -0.2) is 51.8 Å². The molecule has 1 aromatic rings. The molecule has 1 rings (SSSR count). The first-order valence-corrected chi connectivity index (χ1v) is 7.65. The van der Waals surface area contributed by atoms with Crippen molar-refractivity contribution in [1.82, 2.24) is 15.1 Å². The number of hydrogen-bond donors (Lipinski definition) is 2. The van der Waals surface area contributed by atoms with Gasteiger partial charge in [0, 0.05) is 13.0 Å². The Labute approximate surface area is 124 Å². The number of likely N-dealkylation sites (N-methyl/N-ethyl adjacent to an activating group) is 1. The van der Waals surface area contributed by atoms with Crippen LogP contribution < -0.4 is 5.32 Å². The summed E-state index contributed by atoms with van der Waals surface area (Å²) < 4.78 is 0. The molecular weight excluding hydrogens is 276 g/mol. The van der Waals surface area contributed by atoms with Crippen molar-refractivity contribution in [3.8, 4) is 0 Å². The van der Waals surface area contributed by atoms with Crippen LogP contribution in [0, 0.1) is 0 Å². The molecule has 1 amide bonds. The Morgan fingerprint density at radius 1 is 1.45 bits per heavy atom. The number of anilines is 1. The van der Waals surface area contributed by atoms with Gasteiger partial charge in [0.2, 0.25) is 11.0 Å². The lowest BCUT2D eigenvalue weighted by Crippen LogP contribution is -2.40. The number of unbranched alkanes of at least 4 members (excludes halogenated alkanes) is 1. The first-order valence-electron chi connectivity index (χ1n) is 6.83. The minimum atomic E-state index is -0.814. The molecule has 0 radical (unpaired) electrons. The highest BCUT2D eigenvalue weighted by atomic mass is 32.1. The Morgan fingerprint density at radius 2 is 2.15 bits per heavy atom. The smallest absolute Gasteiger partial charge is 0.240 e. The molecule has 1 heterocycles. The molecule has 114 valence electrons. The fourth-order valence-corrected chi connectivity index (χ4v) is 2.65. The zero-order valence-corrected chi connectivity index (χ0v) is 13.5. The van der Waals surface area contributed by atoms with Crippen LogP contribution in [0.2, 0.25) is 0 Å². The van der Waals surface area contributed by atoms with Gasteiger partial charge in [-0.2, -0.15) is 0 Å². The minimum absolute atomic E-state index is 0.144. The van der Waals surface area contributed by atoms with Crippen LogP contribution in [-0.2, 0) is 11.2 Å². The summed E-state index contributed by atoms with van der Waals surface area (Å²) in [5.41, 5.74) is -0.814. The van der Waals surface area contributed by atoms with Gasteiger partial charge in [0.05, 0.1) is 12.1 Å². The highest BCUT2D eigenvalue weighted by molar-refractivity contribution is 7.15. The highest BCUT2D eigenvalue weighted by Crippen LogP contribution is 2.17. The number of carbonyl (C=O) groups excluding carboxylic acids is 1. The standard InChI is InChI=1S/C13H24N4O2S/c1-5-6-7-11-15-16-12(20-11)14-10(18)8-17(4)9-13(2,3)19/h19H,5-9H2,1-4H3,(H,14,16,18). The van der Waals surface area contributed by atoms with E-state index in [4.69, 9.17) is 0 Å². The summed E-state index contributed by atoms with van der Waals surface area (Å²) in [7, 11) is 1.80. The summed E-state index contributed by atoms with van der Waals surface area (Å²) in [5.74, 6) is -0.144. The summed E-state index contributed by atoms with van der Waals surface area (Å²) in [6, 6.07) is 0. The van der Waals surface area contributed by atoms with Gasteiger partial charge in [0.15, 0.2) is 0 Å². The fraction of sp³-hybridized carbons (Fsp3) is 0.769. The van der Waals surface area contributed by atoms with E-state index < -0.39 is 5.60 Å². The number of rotatable bonds is 8. The van der Waals surface area contributed by atoms with E-state index in [1.807, 2.05) is 0 Å². The van der Waals surface area contributed by atoms with Crippen molar-refractivity contribution >= 4 is 22.4 Å². The van der Waals surface area contributed by atoms with Gasteiger partial charge in [-0.15, -0.1) is 10.2 Å². The molecule has 0 fully saturated rings. The van der Waals surface area contributed by atoms with Gasteiger partial charge in [-0.3, -0.25) is 15.0 Å². The maximum Gasteiger partial charge on any atom is 0.240 e. The number of aryl methyl sites for hydroxylation is 1. The zero-order valence-electron chi connectivity index (χ0n) is 12.6. The largest absolute Gasteiger partial charge is 0.389 e. The average Bonchev–Trinajstić information content (AvgIpc) is 2.70. The van der Waals surface area contributed by atoms with E-state index in [2.05, 4.69) is 22.4 Å². The lowest BCUT2D eigenvalue weighted by molar-refractivity contribution is -0.117. The van der Waals surface area contributed by atoms with E-state index in [9.17, 15) is 9.90 Å². The Hall–Kier alpha value is -1.05. The quantitative estimate of drug-likeness (QED) is 0.761. The first kappa shape index (κ1) is 17.0. The lowest BCUT2D eigenvalue weighted by atomic mass is 10.1. The molecule has 0 atom stereocenters. The van der Waals surface area contributed by atoms with E-state index in [1.165, 1.54) is 11.3 Å². The van der Waals surface area contributed by atoms with E-state index in [0.717, 1.165) is 24.3 Å². The Morgan fingerprint density at radius 3 is 2.75 bits per heavy atom. The molecule has 0 aromatic carbocycles. The van der Waals surface area contributed by atoms with Gasteiger partial charge in [-0.25, -0.2) is 0 Å². The van der Waals surface area contributed by atoms with Crippen LogP contribution in [0.25, 0.3) is 0 Å². The summed E-state index contributed by atoms with van der Waals surface area (Å²) in [6.45, 7) is 6.20. The summed E-state index contributed by atoms with van der Waals surface area (Å²) in [5, 5.41) is 21.9. The normalized spacial score (nSPS) is 11.9. The molecule has 6 nitrogen and oxygen atoms in total. The molecule has 2 N–H and O–H groups in total. The molecule has 0 aliphatic rings. The second-order valence-electron chi connectivity index (χ2n) is 5.64. The topological polar surface area (TPSA) is 78.4 Å². The van der Waals surface area contributed by atoms with Crippen LogP contribution in [0.3, 0.4) is 0 Å². The Bertz CT molecular complexity index is 428. The molecule has 0 bridgehead atoms. The maximum atomic E-state index is 11.8. The molecule has 0 unspecified atom stereocenters. The third kappa shape index (κ3) is 6.93. The average molecular weight is 300 g/mol. The predicted octanol–water partition coefficient (Wildman–Crippen LogP) is 1.52. The van der Waals surface area contributed by atoms with E-state index in [0.29, 0.717) is 11.7 Å². The van der Waals surface area contributed by atoms with Gasteiger partial charge in [0.25, 0.3) is 0 Å². The second-order valence-corrected chi connectivity index (χ2v) is 6.70. The van der Waals surface area contributed by atoms with E-state index in [-0.39, 0.29) is 12.5 Å². The zero-order chi connectivity index (χ0) is 15.2. The molecule has 20 heavy (non-hydrogen) atoms. The summed E-state index contributed by atoms with van der Waals surface area (Å²) in [6.07, 6.45) is 3.10. The Kier molecular flexibility index (Phi) is 6.51. The van der Waals surface area contributed by atoms with Crippen molar-refractivity contribution in [3.63, 3.8) is 0 Å². The van der Waals surface area contributed by atoms with Crippen LogP contribution in [0.15, 0.2) is 0 Å². The minimum Gasteiger partial charge on any atom is -0.389 e. The molecule has 0 aliphatic carbocycles. The van der Waals surface area contributed by atoms with Gasteiger partial charge >= 0.3 is 0 Å². The van der Waals surface area contributed by atoms with Crippen molar-refractivity contribution in [2.75, 3.05) is 25.5 Å². The number of aliphatic hydroxyl groups is 1. The van der Waals surface area contributed by atoms with Crippen molar-refractivity contribution in [3.05, 3.63) is 5.01 Å². The van der Waals surface area contributed by atoms with Crippen LogP contribution in [0.4, 0.5) is 5.13 Å². The third-order valence-electron chi connectivity index (χ3n) is 2.53. The summed E-state index contributed by atoms with van der Waals surface area (Å²) >= 11 is 1.42. The molecule has 0 spiro atoms.